The summed E-state index contributed by atoms with van der Waals surface area (Å²) in [5.74, 6) is 1.17. The number of carbonyl (C=O) groups excluding carboxylic acids is 1. The number of halogens is 1. The first-order chi connectivity index (χ1) is 17.0. The molecule has 0 spiro atoms. The van der Waals surface area contributed by atoms with Gasteiger partial charge in [-0.15, -0.1) is 0 Å². The van der Waals surface area contributed by atoms with Crippen LogP contribution in [0.3, 0.4) is 0 Å². The Kier molecular flexibility index (Phi) is 8.36. The lowest BCUT2D eigenvalue weighted by atomic mass is 10.1. The summed E-state index contributed by atoms with van der Waals surface area (Å²) in [4.78, 5) is 12.2. The lowest BCUT2D eigenvalue weighted by Gasteiger charge is -2.15. The molecular formula is C29H27IN2O3. The number of carbonyl (C=O) groups is 1. The topological polar surface area (TPSA) is 59.9 Å². The highest BCUT2D eigenvalue weighted by Gasteiger charge is 2.13. The van der Waals surface area contributed by atoms with Crippen molar-refractivity contribution in [2.75, 3.05) is 6.61 Å². The van der Waals surface area contributed by atoms with Gasteiger partial charge >= 0.3 is 0 Å². The molecule has 0 fully saturated rings. The molecule has 4 aromatic rings. The van der Waals surface area contributed by atoms with Crippen molar-refractivity contribution < 1.29 is 14.3 Å². The van der Waals surface area contributed by atoms with Crippen molar-refractivity contribution in [3.8, 4) is 11.5 Å². The van der Waals surface area contributed by atoms with Crippen LogP contribution in [-0.4, -0.2) is 18.7 Å². The summed E-state index contributed by atoms with van der Waals surface area (Å²) >= 11 is 2.24. The van der Waals surface area contributed by atoms with Crippen LogP contribution in [0, 0.1) is 10.5 Å². The number of nitrogens with zero attached hydrogens (tertiary/aromatic N) is 1. The van der Waals surface area contributed by atoms with Gasteiger partial charge in [0, 0.05) is 0 Å². The Hall–Kier alpha value is -3.39. The smallest absolute Gasteiger partial charge is 0.244 e. The van der Waals surface area contributed by atoms with Gasteiger partial charge in [-0.2, -0.15) is 5.10 Å². The summed E-state index contributed by atoms with van der Waals surface area (Å²) < 4.78 is 13.0. The average Bonchev–Trinajstić information content (AvgIpc) is 2.85. The minimum Gasteiger partial charge on any atom is -0.490 e. The summed E-state index contributed by atoms with van der Waals surface area (Å²) in [6.07, 6.45) is 1.90. The first-order valence-electron chi connectivity index (χ1n) is 11.5. The second kappa shape index (κ2) is 11.8. The molecule has 1 amide bonds. The van der Waals surface area contributed by atoms with Gasteiger partial charge in [0.1, 0.15) is 6.61 Å². The molecular weight excluding hydrogens is 551 g/mol. The predicted octanol–water partition coefficient (Wildman–Crippen LogP) is 6.42. The number of hydrazone groups is 1. The fourth-order valence-corrected chi connectivity index (χ4v) is 4.52. The van der Waals surface area contributed by atoms with Gasteiger partial charge < -0.3 is 9.47 Å². The van der Waals surface area contributed by atoms with Crippen molar-refractivity contribution in [1.29, 1.82) is 0 Å². The van der Waals surface area contributed by atoms with E-state index >= 15 is 0 Å². The average molecular weight is 578 g/mol. The zero-order chi connectivity index (χ0) is 24.6. The molecule has 0 saturated heterocycles. The molecule has 0 aliphatic rings. The number of benzene rings is 4. The third kappa shape index (κ3) is 6.60. The normalized spacial score (nSPS) is 11.1. The number of hydrogen-bond donors (Lipinski definition) is 1. The van der Waals surface area contributed by atoms with E-state index in [-0.39, 0.29) is 12.3 Å². The fraction of sp³-hybridized carbons (Fsp3) is 0.172. The van der Waals surface area contributed by atoms with E-state index in [0.717, 1.165) is 25.8 Å². The van der Waals surface area contributed by atoms with E-state index in [2.05, 4.69) is 57.4 Å². The number of fused-ring (bicyclic) bond motifs is 1. The minimum atomic E-state index is -0.167. The van der Waals surface area contributed by atoms with E-state index in [4.69, 9.17) is 9.47 Å². The van der Waals surface area contributed by atoms with Crippen LogP contribution in [0.25, 0.3) is 10.8 Å². The molecule has 0 unspecified atom stereocenters. The van der Waals surface area contributed by atoms with Crippen molar-refractivity contribution >= 4 is 45.5 Å². The molecule has 0 aliphatic carbocycles. The maximum absolute atomic E-state index is 12.2. The first kappa shape index (κ1) is 24.7. The molecule has 4 rings (SSSR count). The predicted molar refractivity (Wildman–Crippen MR) is 149 cm³/mol. The van der Waals surface area contributed by atoms with E-state index in [1.165, 1.54) is 10.8 Å². The second-order valence-electron chi connectivity index (χ2n) is 8.15. The standard InChI is InChI=1S/C29H27IN2O3/c1-3-34-27-16-22(18-31-32-28(33)17-21-13-11-20(2)12-14-21)15-26(30)29(27)35-19-24-9-6-8-23-7-4-5-10-25(23)24/h4-16,18H,3,17,19H2,1-2H3,(H,32,33)/b31-18+. The highest BCUT2D eigenvalue weighted by molar-refractivity contribution is 14.1. The Balaban J connectivity index is 1.45. The molecule has 0 radical (unpaired) electrons. The van der Waals surface area contributed by atoms with Gasteiger partial charge in [0.2, 0.25) is 5.91 Å². The number of amides is 1. The van der Waals surface area contributed by atoms with Crippen LogP contribution in [0.5, 0.6) is 11.5 Å². The molecule has 0 heterocycles. The van der Waals surface area contributed by atoms with Gasteiger partial charge in [0.05, 0.1) is 22.8 Å². The van der Waals surface area contributed by atoms with Crippen molar-refractivity contribution in [3.63, 3.8) is 0 Å². The van der Waals surface area contributed by atoms with Crippen LogP contribution in [0.15, 0.2) is 84.0 Å². The number of aryl methyl sites for hydroxylation is 1. The van der Waals surface area contributed by atoms with Crippen LogP contribution in [0.2, 0.25) is 0 Å². The SMILES string of the molecule is CCOc1cc(/C=N/NC(=O)Cc2ccc(C)cc2)cc(I)c1OCc1cccc2ccccc12. The lowest BCUT2D eigenvalue weighted by molar-refractivity contribution is -0.120. The molecule has 5 nitrogen and oxygen atoms in total. The summed E-state index contributed by atoms with van der Waals surface area (Å²) in [7, 11) is 0. The number of hydrogen-bond acceptors (Lipinski definition) is 4. The van der Waals surface area contributed by atoms with Crippen molar-refractivity contribution in [1.82, 2.24) is 5.43 Å². The Labute approximate surface area is 219 Å². The van der Waals surface area contributed by atoms with Gasteiger partial charge in [-0.05, 0) is 76.0 Å². The van der Waals surface area contributed by atoms with Crippen LogP contribution >= 0.6 is 22.6 Å². The van der Waals surface area contributed by atoms with Gasteiger partial charge in [0.15, 0.2) is 11.5 Å². The Morgan fingerprint density at radius 1 is 1.00 bits per heavy atom. The molecule has 0 bridgehead atoms. The van der Waals surface area contributed by atoms with E-state index in [1.54, 1.807) is 6.21 Å². The zero-order valence-electron chi connectivity index (χ0n) is 19.8. The molecule has 6 heteroatoms. The largest absolute Gasteiger partial charge is 0.490 e. The monoisotopic (exact) mass is 578 g/mol. The van der Waals surface area contributed by atoms with Crippen LogP contribution in [-0.2, 0) is 17.8 Å². The zero-order valence-corrected chi connectivity index (χ0v) is 21.9. The van der Waals surface area contributed by atoms with E-state index in [0.29, 0.717) is 24.7 Å². The van der Waals surface area contributed by atoms with Gasteiger partial charge in [-0.3, -0.25) is 4.79 Å². The number of nitrogens with one attached hydrogen (secondary N) is 1. The van der Waals surface area contributed by atoms with Crippen LogP contribution < -0.4 is 14.9 Å². The summed E-state index contributed by atoms with van der Waals surface area (Å²) in [6.45, 7) is 4.90. The molecule has 0 aromatic heterocycles. The lowest BCUT2D eigenvalue weighted by Crippen LogP contribution is -2.19. The molecule has 4 aromatic carbocycles. The third-order valence-corrected chi connectivity index (χ3v) is 6.27. The van der Waals surface area contributed by atoms with Crippen molar-refractivity contribution in [3.05, 3.63) is 105 Å². The van der Waals surface area contributed by atoms with Crippen molar-refractivity contribution in [2.24, 2.45) is 5.10 Å². The minimum absolute atomic E-state index is 0.167. The highest BCUT2D eigenvalue weighted by Crippen LogP contribution is 2.35. The molecule has 178 valence electrons. The maximum atomic E-state index is 12.2. The molecule has 0 saturated carbocycles. The maximum Gasteiger partial charge on any atom is 0.244 e. The van der Waals surface area contributed by atoms with Gasteiger partial charge in [-0.25, -0.2) is 5.43 Å². The third-order valence-electron chi connectivity index (χ3n) is 5.47. The van der Waals surface area contributed by atoms with Crippen LogP contribution in [0.1, 0.15) is 29.2 Å². The van der Waals surface area contributed by atoms with E-state index < -0.39 is 0 Å². The van der Waals surface area contributed by atoms with Gasteiger partial charge in [-0.1, -0.05) is 72.3 Å². The first-order valence-corrected chi connectivity index (χ1v) is 12.5. The van der Waals surface area contributed by atoms with Gasteiger partial charge in [0.25, 0.3) is 0 Å². The van der Waals surface area contributed by atoms with Crippen LogP contribution in [0.4, 0.5) is 0 Å². The molecule has 35 heavy (non-hydrogen) atoms. The molecule has 0 atom stereocenters. The Bertz CT molecular complexity index is 1340. The fourth-order valence-electron chi connectivity index (χ4n) is 3.74. The molecule has 1 N–H and O–H groups in total. The number of rotatable bonds is 9. The molecule has 0 aliphatic heterocycles. The Morgan fingerprint density at radius 3 is 2.57 bits per heavy atom. The summed E-state index contributed by atoms with van der Waals surface area (Å²) in [5.41, 5.74) is 6.64. The summed E-state index contributed by atoms with van der Waals surface area (Å²) in [5, 5.41) is 6.49. The Morgan fingerprint density at radius 2 is 1.77 bits per heavy atom. The summed E-state index contributed by atoms with van der Waals surface area (Å²) in [6, 6.07) is 26.2. The second-order valence-corrected chi connectivity index (χ2v) is 9.31. The van der Waals surface area contributed by atoms with E-state index in [1.807, 2.05) is 68.4 Å². The number of ether oxygens (including phenoxy) is 2. The quantitative estimate of drug-likeness (QED) is 0.142. The van der Waals surface area contributed by atoms with Crippen molar-refractivity contribution in [2.45, 2.75) is 26.9 Å². The van der Waals surface area contributed by atoms with E-state index in [9.17, 15) is 4.79 Å². The highest BCUT2D eigenvalue weighted by atomic mass is 127.